The molecule has 25 heavy (non-hydrogen) atoms. The van der Waals surface area contributed by atoms with E-state index in [1.165, 1.54) is 25.0 Å². The molecule has 0 bridgehead atoms. The molecule has 9 heteroatoms. The Bertz CT molecular complexity index is 794. The zero-order valence-electron chi connectivity index (χ0n) is 14.0. The molecule has 0 spiro atoms. The van der Waals surface area contributed by atoms with Gasteiger partial charge in [0.2, 0.25) is 0 Å². The molecule has 1 aromatic heterocycles. The van der Waals surface area contributed by atoms with E-state index in [0.29, 0.717) is 6.04 Å². The van der Waals surface area contributed by atoms with Crippen LogP contribution in [0.1, 0.15) is 36.2 Å². The Labute approximate surface area is 146 Å². The molecule has 0 radical (unpaired) electrons. The van der Waals surface area contributed by atoms with Crippen LogP contribution < -0.4 is 5.32 Å². The van der Waals surface area contributed by atoms with Crippen LogP contribution in [0.25, 0.3) is 0 Å². The first-order chi connectivity index (χ1) is 11.9. The Morgan fingerprint density at radius 1 is 1.28 bits per heavy atom. The van der Waals surface area contributed by atoms with Gasteiger partial charge in [0, 0.05) is 13.1 Å². The largest absolute Gasteiger partial charge is 0.369 e. The van der Waals surface area contributed by atoms with Crippen LogP contribution in [0.2, 0.25) is 0 Å². The Kier molecular flexibility index (Phi) is 5.48. The molecule has 2 fully saturated rings. The number of rotatable bonds is 3. The average Bonchev–Trinajstić information content (AvgIpc) is 3.33. The van der Waals surface area contributed by atoms with E-state index in [2.05, 4.69) is 15.6 Å². The fourth-order valence-electron chi connectivity index (χ4n) is 2.42. The van der Waals surface area contributed by atoms with E-state index in [9.17, 15) is 8.42 Å². The maximum absolute atomic E-state index is 10.5. The van der Waals surface area contributed by atoms with Crippen molar-refractivity contribution in [3.63, 3.8) is 0 Å². The van der Waals surface area contributed by atoms with Gasteiger partial charge in [0.1, 0.15) is 11.8 Å². The van der Waals surface area contributed by atoms with Gasteiger partial charge in [0.05, 0.1) is 23.7 Å². The number of morpholine rings is 1. The van der Waals surface area contributed by atoms with E-state index in [-0.39, 0.29) is 11.0 Å². The summed E-state index contributed by atoms with van der Waals surface area (Å²) in [5, 5.41) is 11.5. The molecule has 136 valence electrons. The van der Waals surface area contributed by atoms with Crippen LogP contribution in [0.4, 0.5) is 0 Å². The van der Waals surface area contributed by atoms with Crippen molar-refractivity contribution in [1.82, 2.24) is 20.3 Å². The van der Waals surface area contributed by atoms with Gasteiger partial charge in [0.15, 0.2) is 0 Å². The summed E-state index contributed by atoms with van der Waals surface area (Å²) >= 11 is 0. The molecule has 8 nitrogen and oxygen atoms in total. The zero-order valence-corrected chi connectivity index (χ0v) is 14.8. The highest BCUT2D eigenvalue weighted by molar-refractivity contribution is 7.85. The molecule has 2 aromatic rings. The minimum Gasteiger partial charge on any atom is -0.369 e. The van der Waals surface area contributed by atoms with Crippen molar-refractivity contribution in [2.24, 2.45) is 0 Å². The summed E-state index contributed by atoms with van der Waals surface area (Å²) in [5.74, 6) is 0. The minimum atomic E-state index is -4.02. The summed E-state index contributed by atoms with van der Waals surface area (Å²) in [7, 11) is -4.02. The van der Waals surface area contributed by atoms with Gasteiger partial charge in [0.25, 0.3) is 10.1 Å². The second kappa shape index (κ2) is 7.61. The lowest BCUT2D eigenvalue weighted by Crippen LogP contribution is -2.33. The second-order valence-electron chi connectivity index (χ2n) is 6.21. The first-order valence-corrected chi connectivity index (χ1v) is 9.66. The number of hydrogen-bond donors (Lipinski definition) is 2. The Morgan fingerprint density at radius 3 is 2.56 bits per heavy atom. The molecule has 1 saturated carbocycles. The van der Waals surface area contributed by atoms with Crippen molar-refractivity contribution in [1.29, 1.82) is 0 Å². The third-order valence-corrected chi connectivity index (χ3v) is 4.89. The monoisotopic (exact) mass is 366 g/mol. The van der Waals surface area contributed by atoms with E-state index in [1.54, 1.807) is 12.1 Å². The van der Waals surface area contributed by atoms with E-state index < -0.39 is 10.1 Å². The molecule has 4 rings (SSSR count). The first kappa shape index (κ1) is 18.0. The predicted molar refractivity (Wildman–Crippen MR) is 90.8 cm³/mol. The SMILES string of the molecule is Cc1ccc(S(=O)(=O)O)cc1.c1c(C2CNCCO2)nnn1C1CC1. The molecule has 2 N–H and O–H groups in total. The highest BCUT2D eigenvalue weighted by atomic mass is 32.2. The summed E-state index contributed by atoms with van der Waals surface area (Å²) in [6.07, 6.45) is 4.60. The number of nitrogens with one attached hydrogen (secondary N) is 1. The number of aryl methyl sites for hydroxylation is 1. The maximum Gasteiger partial charge on any atom is 0.294 e. The van der Waals surface area contributed by atoms with Gasteiger partial charge in [-0.15, -0.1) is 5.10 Å². The smallest absolute Gasteiger partial charge is 0.294 e. The fourth-order valence-corrected chi connectivity index (χ4v) is 2.90. The van der Waals surface area contributed by atoms with Gasteiger partial charge >= 0.3 is 0 Å². The number of nitrogens with zero attached hydrogens (tertiary/aromatic N) is 3. The summed E-state index contributed by atoms with van der Waals surface area (Å²) in [4.78, 5) is -0.0666. The second-order valence-corrected chi connectivity index (χ2v) is 7.63. The third-order valence-electron chi connectivity index (χ3n) is 4.03. The normalized spacial score (nSPS) is 20.6. The maximum atomic E-state index is 10.5. The number of aromatic nitrogens is 3. The van der Waals surface area contributed by atoms with Crippen LogP contribution in [-0.2, 0) is 14.9 Å². The molecule has 1 unspecified atom stereocenters. The molecule has 1 aliphatic heterocycles. The topological polar surface area (TPSA) is 106 Å². The van der Waals surface area contributed by atoms with E-state index in [0.717, 1.165) is 31.0 Å². The van der Waals surface area contributed by atoms with Crippen LogP contribution in [0.3, 0.4) is 0 Å². The Morgan fingerprint density at radius 2 is 2.00 bits per heavy atom. The van der Waals surface area contributed by atoms with Crippen LogP contribution in [0.15, 0.2) is 35.4 Å². The van der Waals surface area contributed by atoms with Crippen molar-refractivity contribution in [2.45, 2.75) is 36.8 Å². The average molecular weight is 366 g/mol. The molecule has 2 heterocycles. The summed E-state index contributed by atoms with van der Waals surface area (Å²) in [6, 6.07) is 6.59. The van der Waals surface area contributed by atoms with E-state index in [1.807, 2.05) is 17.8 Å². The quantitative estimate of drug-likeness (QED) is 0.793. The molecule has 1 aromatic carbocycles. The summed E-state index contributed by atoms with van der Waals surface area (Å²) in [6.45, 7) is 4.39. The summed E-state index contributed by atoms with van der Waals surface area (Å²) in [5.41, 5.74) is 1.92. The van der Waals surface area contributed by atoms with Gasteiger partial charge in [-0.3, -0.25) is 4.55 Å². The van der Waals surface area contributed by atoms with Crippen molar-refractivity contribution in [2.75, 3.05) is 19.7 Å². The molecule has 1 atom stereocenters. The summed E-state index contributed by atoms with van der Waals surface area (Å²) < 4.78 is 37.1. The molecule has 2 aliphatic rings. The van der Waals surface area contributed by atoms with Gasteiger partial charge in [-0.25, -0.2) is 4.68 Å². The van der Waals surface area contributed by atoms with Crippen molar-refractivity contribution >= 4 is 10.1 Å². The molecule has 1 saturated heterocycles. The molecular weight excluding hydrogens is 344 g/mol. The van der Waals surface area contributed by atoms with Gasteiger partial charge < -0.3 is 10.1 Å². The highest BCUT2D eigenvalue weighted by Gasteiger charge is 2.27. The zero-order chi connectivity index (χ0) is 17.9. The standard InChI is InChI=1S/C9H14N4O.C7H8O3S/c1-2-7(1)13-6-8(11-12-13)9-5-10-3-4-14-9;1-6-2-4-7(5-3-6)11(8,9)10/h6-7,9-10H,1-5H2;2-5H,1H3,(H,8,9,10). The fraction of sp³-hybridized carbons (Fsp3) is 0.500. The van der Waals surface area contributed by atoms with Crippen LogP contribution >= 0.6 is 0 Å². The third kappa shape index (κ3) is 5.08. The van der Waals surface area contributed by atoms with Gasteiger partial charge in [-0.05, 0) is 31.9 Å². The Hall–Kier alpha value is -1.81. The van der Waals surface area contributed by atoms with E-state index in [4.69, 9.17) is 9.29 Å². The van der Waals surface area contributed by atoms with Gasteiger partial charge in [-0.1, -0.05) is 22.9 Å². The Balaban J connectivity index is 0.000000151. The lowest BCUT2D eigenvalue weighted by molar-refractivity contribution is 0.0249. The van der Waals surface area contributed by atoms with Crippen molar-refractivity contribution in [3.05, 3.63) is 41.7 Å². The number of benzene rings is 1. The predicted octanol–water partition coefficient (Wildman–Crippen LogP) is 1.52. The van der Waals surface area contributed by atoms with Crippen LogP contribution in [0, 0.1) is 6.92 Å². The lowest BCUT2D eigenvalue weighted by Gasteiger charge is -2.21. The first-order valence-electron chi connectivity index (χ1n) is 8.21. The minimum absolute atomic E-state index is 0.0666. The number of ether oxygens (including phenoxy) is 1. The number of hydrogen-bond acceptors (Lipinski definition) is 6. The molecular formula is C16H22N4O4S. The van der Waals surface area contributed by atoms with Gasteiger partial charge in [-0.2, -0.15) is 8.42 Å². The van der Waals surface area contributed by atoms with Crippen LogP contribution in [-0.4, -0.2) is 47.7 Å². The lowest BCUT2D eigenvalue weighted by atomic mass is 10.2. The molecule has 0 amide bonds. The van der Waals surface area contributed by atoms with Crippen molar-refractivity contribution < 1.29 is 17.7 Å². The van der Waals surface area contributed by atoms with Crippen molar-refractivity contribution in [3.8, 4) is 0 Å². The molecule has 1 aliphatic carbocycles. The van der Waals surface area contributed by atoms with Crippen LogP contribution in [0.5, 0.6) is 0 Å². The highest BCUT2D eigenvalue weighted by Crippen LogP contribution is 2.34. The van der Waals surface area contributed by atoms with E-state index >= 15 is 0 Å².